The summed E-state index contributed by atoms with van der Waals surface area (Å²) in [6.07, 6.45) is 1.48. The minimum absolute atomic E-state index is 0.123. The highest BCUT2D eigenvalue weighted by atomic mass is 16.7. The lowest BCUT2D eigenvalue weighted by Crippen LogP contribution is -2.84. The fourth-order valence-corrected chi connectivity index (χ4v) is 8.84. The molecule has 2 saturated heterocycles. The zero-order chi connectivity index (χ0) is 22.6. The number of aliphatic hydroxyl groups excluding tert-OH is 1. The average Bonchev–Trinajstić information content (AvgIpc) is 2.77. The van der Waals surface area contributed by atoms with Gasteiger partial charge in [-0.05, 0) is 42.6 Å². The van der Waals surface area contributed by atoms with Gasteiger partial charge in [0, 0.05) is 31.1 Å². The molecule has 2 aliphatic heterocycles. The number of fused-ring (bicyclic) bond motifs is 2. The van der Waals surface area contributed by atoms with E-state index in [9.17, 15) is 19.8 Å². The van der Waals surface area contributed by atoms with Crippen molar-refractivity contribution in [2.24, 2.45) is 34.0 Å². The third-order valence-corrected chi connectivity index (χ3v) is 9.53. The molecule has 7 nitrogen and oxygen atoms in total. The van der Waals surface area contributed by atoms with Gasteiger partial charge in [-0.2, -0.15) is 0 Å². The van der Waals surface area contributed by atoms with Gasteiger partial charge in [0.25, 0.3) is 0 Å². The van der Waals surface area contributed by atoms with Crippen LogP contribution in [0.2, 0.25) is 0 Å². The molecule has 6 aliphatic rings. The van der Waals surface area contributed by atoms with Crippen LogP contribution in [0.15, 0.2) is 12.2 Å². The molecule has 172 valence electrons. The molecule has 4 bridgehead atoms. The van der Waals surface area contributed by atoms with E-state index in [4.69, 9.17) is 14.2 Å². The van der Waals surface area contributed by atoms with Gasteiger partial charge < -0.3 is 24.4 Å². The second-order valence-corrected chi connectivity index (χ2v) is 11.2. The van der Waals surface area contributed by atoms with E-state index in [0.29, 0.717) is 12.2 Å². The largest absolute Gasteiger partial charge is 0.457 e. The van der Waals surface area contributed by atoms with E-state index in [1.807, 2.05) is 0 Å². The third kappa shape index (κ3) is 2.30. The summed E-state index contributed by atoms with van der Waals surface area (Å²) in [5.41, 5.74) is -1.26. The van der Waals surface area contributed by atoms with E-state index in [2.05, 4.69) is 20.4 Å². The predicted octanol–water partition coefficient (Wildman–Crippen LogP) is 2.34. The Morgan fingerprint density at radius 3 is 2.45 bits per heavy atom. The normalized spacial score (nSPS) is 51.6. The van der Waals surface area contributed by atoms with Gasteiger partial charge in [0.05, 0.1) is 18.1 Å². The fourth-order valence-electron chi connectivity index (χ4n) is 8.84. The lowest BCUT2D eigenvalue weighted by molar-refractivity contribution is -0.467. The summed E-state index contributed by atoms with van der Waals surface area (Å²) in [4.78, 5) is 24.3. The molecule has 9 atom stereocenters. The number of carbonyl (C=O) groups excluding carboxylic acids is 2. The number of hydrogen-bond acceptors (Lipinski definition) is 7. The zero-order valence-electron chi connectivity index (χ0n) is 18.8. The van der Waals surface area contributed by atoms with Crippen LogP contribution < -0.4 is 0 Å². The predicted molar refractivity (Wildman–Crippen MR) is 109 cm³/mol. The number of carbonyl (C=O) groups is 2. The summed E-state index contributed by atoms with van der Waals surface area (Å²) in [5.74, 6) is -3.51. The monoisotopic (exact) mass is 434 g/mol. The van der Waals surface area contributed by atoms with Crippen LogP contribution in [0.25, 0.3) is 0 Å². The number of aliphatic hydroxyl groups is 2. The average molecular weight is 435 g/mol. The van der Waals surface area contributed by atoms with Gasteiger partial charge in [-0.3, -0.25) is 9.59 Å². The van der Waals surface area contributed by atoms with Gasteiger partial charge in [-0.15, -0.1) is 0 Å². The molecule has 7 heteroatoms. The standard InChI is InChI=1S/C24H34O7/c1-12-15-7-8-16-22-10-6-9-21(4,5)17(22)20(31-14(3)26)24(28,29-11-22)23(16,18(15)27)19(12)30-13(2)25/h15-20,27-28H,1,6-11H2,2-5H3/t15-,16-,17+,18+,19+,20-,22+,23?,24+/m0/s1. The molecule has 0 aromatic rings. The molecule has 6 rings (SSSR count). The van der Waals surface area contributed by atoms with E-state index < -0.39 is 41.5 Å². The summed E-state index contributed by atoms with van der Waals surface area (Å²) < 4.78 is 17.9. The molecule has 4 saturated carbocycles. The summed E-state index contributed by atoms with van der Waals surface area (Å²) in [6.45, 7) is 11.5. The molecule has 2 spiro atoms. The minimum Gasteiger partial charge on any atom is -0.457 e. The highest BCUT2D eigenvalue weighted by Crippen LogP contribution is 2.78. The Hall–Kier alpha value is -1.44. The Kier molecular flexibility index (Phi) is 4.37. The highest BCUT2D eigenvalue weighted by molar-refractivity contribution is 5.67. The van der Waals surface area contributed by atoms with Crippen molar-refractivity contribution in [1.82, 2.24) is 0 Å². The van der Waals surface area contributed by atoms with Crippen LogP contribution >= 0.6 is 0 Å². The van der Waals surface area contributed by atoms with Crippen LogP contribution in [0, 0.1) is 34.0 Å². The van der Waals surface area contributed by atoms with Gasteiger partial charge >= 0.3 is 11.9 Å². The number of ether oxygens (including phenoxy) is 3. The molecular formula is C24H34O7. The molecule has 6 fully saturated rings. The summed E-state index contributed by atoms with van der Waals surface area (Å²) in [6, 6.07) is 0. The van der Waals surface area contributed by atoms with Crippen molar-refractivity contribution in [3.8, 4) is 0 Å². The first-order valence-electron chi connectivity index (χ1n) is 11.5. The zero-order valence-corrected chi connectivity index (χ0v) is 18.8. The van der Waals surface area contributed by atoms with Crippen LogP contribution in [0.1, 0.15) is 59.8 Å². The quantitative estimate of drug-likeness (QED) is 0.508. The first kappa shape index (κ1) is 21.4. The molecule has 0 radical (unpaired) electrons. The first-order chi connectivity index (χ1) is 14.4. The van der Waals surface area contributed by atoms with E-state index in [0.717, 1.165) is 32.1 Å². The van der Waals surface area contributed by atoms with Gasteiger partial charge in [-0.1, -0.05) is 26.8 Å². The molecule has 0 aromatic heterocycles. The SMILES string of the molecule is C=C1[C@@H](OC(C)=O)C23[C@H](O)[C@H]1CC[C@H]2[C@]12CCCC(C)(C)[C@H]1[C@H](OC(C)=O)[C@@]3(O)OC2. The van der Waals surface area contributed by atoms with E-state index in [-0.39, 0.29) is 28.6 Å². The highest BCUT2D eigenvalue weighted by Gasteiger charge is 2.86. The Labute approximate surface area is 183 Å². The smallest absolute Gasteiger partial charge is 0.303 e. The second-order valence-electron chi connectivity index (χ2n) is 11.2. The van der Waals surface area contributed by atoms with Crippen molar-refractivity contribution < 1.29 is 34.0 Å². The van der Waals surface area contributed by atoms with Crippen LogP contribution in [-0.4, -0.2) is 52.9 Å². The first-order valence-corrected chi connectivity index (χ1v) is 11.5. The number of rotatable bonds is 2. The Morgan fingerprint density at radius 2 is 1.81 bits per heavy atom. The molecule has 4 aliphatic carbocycles. The molecule has 0 aromatic carbocycles. The molecule has 2 N–H and O–H groups in total. The van der Waals surface area contributed by atoms with Gasteiger partial charge in [0.2, 0.25) is 5.79 Å². The molecule has 2 heterocycles. The second kappa shape index (κ2) is 6.33. The lowest BCUT2D eigenvalue weighted by atomic mass is 9.36. The van der Waals surface area contributed by atoms with Crippen molar-refractivity contribution in [2.45, 2.75) is 83.9 Å². The van der Waals surface area contributed by atoms with Crippen molar-refractivity contribution in [3.05, 3.63) is 12.2 Å². The van der Waals surface area contributed by atoms with Crippen molar-refractivity contribution >= 4 is 11.9 Å². The molecule has 0 amide bonds. The Bertz CT molecular complexity index is 851. The third-order valence-electron chi connectivity index (χ3n) is 9.53. The van der Waals surface area contributed by atoms with Crippen molar-refractivity contribution in [1.29, 1.82) is 0 Å². The summed E-state index contributed by atoms with van der Waals surface area (Å²) in [7, 11) is 0. The lowest BCUT2D eigenvalue weighted by Gasteiger charge is -2.75. The van der Waals surface area contributed by atoms with Crippen molar-refractivity contribution in [2.75, 3.05) is 6.61 Å². The number of esters is 2. The minimum atomic E-state index is -1.97. The topological polar surface area (TPSA) is 102 Å². The maximum Gasteiger partial charge on any atom is 0.303 e. The van der Waals surface area contributed by atoms with Gasteiger partial charge in [0.15, 0.2) is 6.10 Å². The van der Waals surface area contributed by atoms with E-state index >= 15 is 0 Å². The van der Waals surface area contributed by atoms with Crippen LogP contribution in [0.5, 0.6) is 0 Å². The van der Waals surface area contributed by atoms with Crippen LogP contribution in [-0.2, 0) is 23.8 Å². The van der Waals surface area contributed by atoms with Crippen LogP contribution in [0.4, 0.5) is 0 Å². The Balaban J connectivity index is 1.78. The van der Waals surface area contributed by atoms with E-state index in [1.54, 1.807) is 0 Å². The van der Waals surface area contributed by atoms with Gasteiger partial charge in [-0.25, -0.2) is 0 Å². The van der Waals surface area contributed by atoms with Crippen LogP contribution in [0.3, 0.4) is 0 Å². The maximum absolute atomic E-state index is 12.3. The number of hydrogen-bond donors (Lipinski definition) is 2. The fraction of sp³-hybridized carbons (Fsp3) is 0.833. The van der Waals surface area contributed by atoms with Gasteiger partial charge in [0.1, 0.15) is 6.10 Å². The summed E-state index contributed by atoms with van der Waals surface area (Å²) >= 11 is 0. The molecule has 1 unspecified atom stereocenters. The van der Waals surface area contributed by atoms with E-state index in [1.165, 1.54) is 13.8 Å². The molecular weight excluding hydrogens is 400 g/mol. The molecule has 31 heavy (non-hydrogen) atoms. The maximum atomic E-state index is 12.3. The van der Waals surface area contributed by atoms with Crippen molar-refractivity contribution in [3.63, 3.8) is 0 Å². The summed E-state index contributed by atoms with van der Waals surface area (Å²) in [5, 5.41) is 24.0. The Morgan fingerprint density at radius 1 is 1.13 bits per heavy atom.